The van der Waals surface area contributed by atoms with E-state index in [4.69, 9.17) is 16.6 Å². The van der Waals surface area contributed by atoms with Crippen LogP contribution in [0.2, 0.25) is 5.02 Å². The van der Waals surface area contributed by atoms with E-state index < -0.39 is 0 Å². The Hall–Kier alpha value is -2.30. The molecule has 0 spiro atoms. The van der Waals surface area contributed by atoms with Crippen molar-refractivity contribution in [2.24, 2.45) is 0 Å². The highest BCUT2D eigenvalue weighted by Gasteiger charge is 2.13. The fourth-order valence-corrected chi connectivity index (χ4v) is 4.02. The minimum atomic E-state index is -0.282. The predicted molar refractivity (Wildman–Crippen MR) is 106 cm³/mol. The van der Waals surface area contributed by atoms with E-state index in [1.807, 2.05) is 36.4 Å². The van der Waals surface area contributed by atoms with Crippen LogP contribution in [-0.2, 0) is 12.3 Å². The summed E-state index contributed by atoms with van der Waals surface area (Å²) in [4.78, 5) is 4.75. The van der Waals surface area contributed by atoms with Crippen molar-refractivity contribution in [2.45, 2.75) is 17.5 Å². The summed E-state index contributed by atoms with van der Waals surface area (Å²) in [6, 6.07) is 23.1. The molecular weight excluding hydrogens is 367 g/mol. The van der Waals surface area contributed by atoms with E-state index in [1.54, 1.807) is 12.1 Å². The normalized spacial score (nSPS) is 11.2. The molecular formula is C21H16ClFN2S. The van der Waals surface area contributed by atoms with Gasteiger partial charge in [-0.2, -0.15) is 0 Å². The number of nitrogens with zero attached hydrogens (tertiary/aromatic N) is 2. The van der Waals surface area contributed by atoms with Crippen LogP contribution in [0.4, 0.5) is 4.39 Å². The summed E-state index contributed by atoms with van der Waals surface area (Å²) < 4.78 is 16.3. The topological polar surface area (TPSA) is 17.8 Å². The zero-order valence-electron chi connectivity index (χ0n) is 13.9. The second-order valence-electron chi connectivity index (χ2n) is 5.98. The lowest BCUT2D eigenvalue weighted by Gasteiger charge is -2.09. The first kappa shape index (κ1) is 17.1. The van der Waals surface area contributed by atoms with Gasteiger partial charge in [0.1, 0.15) is 5.82 Å². The van der Waals surface area contributed by atoms with Crippen LogP contribution >= 0.6 is 23.4 Å². The van der Waals surface area contributed by atoms with Gasteiger partial charge in [0.2, 0.25) is 0 Å². The highest BCUT2D eigenvalue weighted by molar-refractivity contribution is 7.98. The number of halogens is 2. The number of thioether (sulfide) groups is 1. The van der Waals surface area contributed by atoms with Crippen molar-refractivity contribution in [1.29, 1.82) is 0 Å². The summed E-state index contributed by atoms with van der Waals surface area (Å²) in [5.41, 5.74) is 3.85. The molecule has 0 N–H and O–H groups in total. The molecule has 130 valence electrons. The van der Waals surface area contributed by atoms with E-state index in [2.05, 4.69) is 22.8 Å². The van der Waals surface area contributed by atoms with Crippen molar-refractivity contribution in [1.82, 2.24) is 9.55 Å². The van der Waals surface area contributed by atoms with Crippen molar-refractivity contribution in [3.8, 4) is 0 Å². The monoisotopic (exact) mass is 382 g/mol. The fraction of sp³-hybridized carbons (Fsp3) is 0.0952. The third kappa shape index (κ3) is 3.62. The summed E-state index contributed by atoms with van der Waals surface area (Å²) in [5.74, 6) is 0.219. The van der Waals surface area contributed by atoms with Crippen molar-refractivity contribution in [3.63, 3.8) is 0 Å². The molecule has 0 unspecified atom stereocenters. The lowest BCUT2D eigenvalue weighted by molar-refractivity contribution is 0.617. The Kier molecular flexibility index (Phi) is 4.96. The van der Waals surface area contributed by atoms with E-state index in [0.717, 1.165) is 22.7 Å². The Bertz CT molecular complexity index is 1050. The molecule has 4 aromatic rings. The van der Waals surface area contributed by atoms with E-state index in [9.17, 15) is 4.39 Å². The number of para-hydroxylation sites is 2. The molecule has 0 saturated carbocycles. The minimum Gasteiger partial charge on any atom is -0.314 e. The Morgan fingerprint density at radius 2 is 1.73 bits per heavy atom. The van der Waals surface area contributed by atoms with Crippen LogP contribution in [0.3, 0.4) is 0 Å². The standard InChI is InChI=1S/C21H16ClFN2S/c22-17-11-10-16(18(23)12-17)14-26-21-24-19-8-4-5-9-20(19)25(21)13-15-6-2-1-3-7-15/h1-12H,13-14H2. The molecule has 0 fully saturated rings. The van der Waals surface area contributed by atoms with Gasteiger partial charge < -0.3 is 4.57 Å². The van der Waals surface area contributed by atoms with Crippen molar-refractivity contribution in [2.75, 3.05) is 0 Å². The average Bonchev–Trinajstić information content (AvgIpc) is 3.00. The minimum absolute atomic E-state index is 0.282. The maximum atomic E-state index is 14.1. The second kappa shape index (κ2) is 7.52. The summed E-state index contributed by atoms with van der Waals surface area (Å²) >= 11 is 7.37. The average molecular weight is 383 g/mol. The Balaban J connectivity index is 1.66. The van der Waals surface area contributed by atoms with Gasteiger partial charge in [-0.1, -0.05) is 71.9 Å². The zero-order chi connectivity index (χ0) is 17.9. The Morgan fingerprint density at radius 3 is 2.54 bits per heavy atom. The first-order valence-electron chi connectivity index (χ1n) is 8.26. The van der Waals surface area contributed by atoms with Crippen molar-refractivity contribution >= 4 is 34.4 Å². The number of aromatic nitrogens is 2. The molecule has 4 rings (SSSR count). The van der Waals surface area contributed by atoms with Gasteiger partial charge in [0.05, 0.1) is 17.6 Å². The first-order valence-corrected chi connectivity index (χ1v) is 9.63. The van der Waals surface area contributed by atoms with E-state index >= 15 is 0 Å². The first-order chi connectivity index (χ1) is 12.7. The third-order valence-electron chi connectivity index (χ3n) is 4.17. The molecule has 0 saturated heterocycles. The summed E-state index contributed by atoms with van der Waals surface area (Å²) in [5, 5.41) is 1.29. The molecule has 0 amide bonds. The number of imidazole rings is 1. The lowest BCUT2D eigenvalue weighted by Crippen LogP contribution is -2.01. The molecule has 0 aliphatic carbocycles. The highest BCUT2D eigenvalue weighted by Crippen LogP contribution is 2.29. The third-order valence-corrected chi connectivity index (χ3v) is 5.44. The number of benzene rings is 3. The number of fused-ring (bicyclic) bond motifs is 1. The zero-order valence-corrected chi connectivity index (χ0v) is 15.5. The Labute approximate surface area is 160 Å². The van der Waals surface area contributed by atoms with Gasteiger partial charge in [0.25, 0.3) is 0 Å². The summed E-state index contributed by atoms with van der Waals surface area (Å²) in [6.45, 7) is 0.729. The van der Waals surface area contributed by atoms with E-state index in [-0.39, 0.29) is 5.82 Å². The van der Waals surface area contributed by atoms with Crippen molar-refractivity contribution < 1.29 is 4.39 Å². The predicted octanol–water partition coefficient (Wildman–Crippen LogP) is 6.17. The fourth-order valence-electron chi connectivity index (χ4n) is 2.86. The van der Waals surface area contributed by atoms with Gasteiger partial charge in [0.15, 0.2) is 5.16 Å². The van der Waals surface area contributed by atoms with Gasteiger partial charge in [-0.15, -0.1) is 0 Å². The van der Waals surface area contributed by atoms with Gasteiger partial charge in [-0.25, -0.2) is 9.37 Å². The summed E-state index contributed by atoms with van der Waals surface area (Å²) in [7, 11) is 0. The molecule has 0 aliphatic heterocycles. The van der Waals surface area contributed by atoms with Gasteiger partial charge in [0, 0.05) is 10.8 Å². The number of hydrogen-bond acceptors (Lipinski definition) is 2. The van der Waals surface area contributed by atoms with E-state index in [0.29, 0.717) is 16.3 Å². The van der Waals surface area contributed by atoms with Crippen LogP contribution in [-0.4, -0.2) is 9.55 Å². The number of rotatable bonds is 5. The molecule has 26 heavy (non-hydrogen) atoms. The van der Waals surface area contributed by atoms with Crippen LogP contribution < -0.4 is 0 Å². The van der Waals surface area contributed by atoms with Crippen LogP contribution in [0.15, 0.2) is 78.0 Å². The van der Waals surface area contributed by atoms with E-state index in [1.165, 1.54) is 23.4 Å². The smallest absolute Gasteiger partial charge is 0.169 e. The van der Waals surface area contributed by atoms with Crippen LogP contribution in [0, 0.1) is 5.82 Å². The summed E-state index contributed by atoms with van der Waals surface area (Å²) in [6.07, 6.45) is 0. The molecule has 1 aromatic heterocycles. The maximum absolute atomic E-state index is 14.1. The maximum Gasteiger partial charge on any atom is 0.169 e. The molecule has 0 radical (unpaired) electrons. The SMILES string of the molecule is Fc1cc(Cl)ccc1CSc1nc2ccccc2n1Cc1ccccc1. The van der Waals surface area contributed by atoms with Crippen molar-refractivity contribution in [3.05, 3.63) is 94.8 Å². The molecule has 5 heteroatoms. The molecule has 2 nitrogen and oxygen atoms in total. The van der Waals surface area contributed by atoms with Gasteiger partial charge >= 0.3 is 0 Å². The quantitative estimate of drug-likeness (QED) is 0.384. The number of hydrogen-bond donors (Lipinski definition) is 0. The molecule has 0 atom stereocenters. The lowest BCUT2D eigenvalue weighted by atomic mass is 10.2. The molecule has 0 aliphatic rings. The van der Waals surface area contributed by atoms with Gasteiger partial charge in [-0.05, 0) is 35.4 Å². The van der Waals surface area contributed by atoms with Crippen LogP contribution in [0.5, 0.6) is 0 Å². The molecule has 1 heterocycles. The highest BCUT2D eigenvalue weighted by atomic mass is 35.5. The van der Waals surface area contributed by atoms with Gasteiger partial charge in [-0.3, -0.25) is 0 Å². The molecule has 0 bridgehead atoms. The largest absolute Gasteiger partial charge is 0.314 e. The van der Waals surface area contributed by atoms with Crippen LogP contribution in [0.25, 0.3) is 11.0 Å². The van der Waals surface area contributed by atoms with Crippen LogP contribution in [0.1, 0.15) is 11.1 Å². The molecule has 3 aromatic carbocycles. The Morgan fingerprint density at radius 1 is 0.962 bits per heavy atom. The second-order valence-corrected chi connectivity index (χ2v) is 7.36.